The molecule has 6 nitrogen and oxygen atoms in total. The minimum Gasteiger partial charge on any atom is -0.368 e. The number of benzene rings is 1. The van der Waals surface area contributed by atoms with Crippen molar-refractivity contribution in [2.24, 2.45) is 11.8 Å². The highest BCUT2D eigenvalue weighted by molar-refractivity contribution is 5.81. The zero-order valence-electron chi connectivity index (χ0n) is 17.3. The lowest BCUT2D eigenvalue weighted by Gasteiger charge is -2.38. The number of para-hydroxylation sites is 1. The lowest BCUT2D eigenvalue weighted by molar-refractivity contribution is -0.138. The third-order valence-electron chi connectivity index (χ3n) is 6.02. The molecule has 2 aliphatic rings. The molecule has 154 valence electrons. The number of hydrogen-bond acceptors (Lipinski definition) is 4. The molecule has 1 saturated heterocycles. The molecule has 1 N–H and O–H groups in total. The van der Waals surface area contributed by atoms with E-state index in [1.54, 1.807) is 0 Å². The van der Waals surface area contributed by atoms with E-state index < -0.39 is 0 Å². The second kappa shape index (κ2) is 9.92. The summed E-state index contributed by atoms with van der Waals surface area (Å²) in [5, 5.41) is 3.03. The Labute approximate surface area is 168 Å². The second-order valence-corrected chi connectivity index (χ2v) is 8.29. The van der Waals surface area contributed by atoms with Gasteiger partial charge in [0, 0.05) is 56.8 Å². The smallest absolute Gasteiger partial charge is 0.225 e. The molecule has 0 bridgehead atoms. The van der Waals surface area contributed by atoms with Gasteiger partial charge in [0.25, 0.3) is 0 Å². The molecule has 1 aromatic rings. The Morgan fingerprint density at radius 1 is 0.964 bits per heavy atom. The normalized spacial score (nSPS) is 23.0. The first kappa shape index (κ1) is 20.6. The number of nitrogens with one attached hydrogen (secondary N) is 1. The van der Waals surface area contributed by atoms with Gasteiger partial charge in [-0.2, -0.15) is 0 Å². The fourth-order valence-corrected chi connectivity index (χ4v) is 4.23. The van der Waals surface area contributed by atoms with Gasteiger partial charge in [0.2, 0.25) is 11.8 Å². The van der Waals surface area contributed by atoms with Crippen molar-refractivity contribution in [2.75, 3.05) is 58.3 Å². The molecule has 1 heterocycles. The topological polar surface area (TPSA) is 55.9 Å². The standard InChI is InChI=1S/C22H34N4O2/c1-24(2)13-12-23-21(27)18-8-10-19(11-9-18)22(28)26-16-14-25(15-17-26)20-6-4-3-5-7-20/h3-7,18-19H,8-17H2,1-2H3,(H,23,27). The lowest BCUT2D eigenvalue weighted by atomic mass is 9.81. The Morgan fingerprint density at radius 3 is 2.18 bits per heavy atom. The molecule has 28 heavy (non-hydrogen) atoms. The van der Waals surface area contributed by atoms with E-state index in [0.29, 0.717) is 12.5 Å². The molecular formula is C22H34N4O2. The minimum absolute atomic E-state index is 0.0705. The lowest BCUT2D eigenvalue weighted by Crippen LogP contribution is -2.51. The number of amides is 2. The zero-order valence-corrected chi connectivity index (χ0v) is 17.3. The molecular weight excluding hydrogens is 352 g/mol. The van der Waals surface area contributed by atoms with Crippen LogP contribution in [-0.2, 0) is 9.59 Å². The van der Waals surface area contributed by atoms with E-state index in [9.17, 15) is 9.59 Å². The van der Waals surface area contributed by atoms with E-state index in [2.05, 4.69) is 39.4 Å². The summed E-state index contributed by atoms with van der Waals surface area (Å²) < 4.78 is 0. The number of carbonyl (C=O) groups excluding carboxylic acids is 2. The van der Waals surface area contributed by atoms with Gasteiger partial charge in [-0.25, -0.2) is 0 Å². The Bertz CT molecular complexity index is 633. The molecule has 0 aromatic heterocycles. The van der Waals surface area contributed by atoms with Gasteiger partial charge in [-0.1, -0.05) is 18.2 Å². The highest BCUT2D eigenvalue weighted by Crippen LogP contribution is 2.30. The summed E-state index contributed by atoms with van der Waals surface area (Å²) in [7, 11) is 4.01. The van der Waals surface area contributed by atoms with E-state index >= 15 is 0 Å². The van der Waals surface area contributed by atoms with Gasteiger partial charge in [-0.3, -0.25) is 9.59 Å². The van der Waals surface area contributed by atoms with Gasteiger partial charge >= 0.3 is 0 Å². The molecule has 0 atom stereocenters. The van der Waals surface area contributed by atoms with Crippen LogP contribution in [-0.4, -0.2) is 75.0 Å². The summed E-state index contributed by atoms with van der Waals surface area (Å²) in [4.78, 5) is 31.7. The summed E-state index contributed by atoms with van der Waals surface area (Å²) in [6, 6.07) is 10.4. The van der Waals surface area contributed by atoms with Gasteiger partial charge in [0.05, 0.1) is 0 Å². The van der Waals surface area contributed by atoms with Crippen LogP contribution in [0, 0.1) is 11.8 Å². The number of nitrogens with zero attached hydrogens (tertiary/aromatic N) is 3. The van der Waals surface area contributed by atoms with Crippen LogP contribution in [0.25, 0.3) is 0 Å². The van der Waals surface area contributed by atoms with E-state index in [-0.39, 0.29) is 17.7 Å². The van der Waals surface area contributed by atoms with E-state index in [1.807, 2.05) is 25.1 Å². The first-order valence-corrected chi connectivity index (χ1v) is 10.6. The van der Waals surface area contributed by atoms with E-state index in [4.69, 9.17) is 0 Å². The predicted octanol–water partition coefficient (Wildman–Crippen LogP) is 1.82. The summed E-state index contributed by atoms with van der Waals surface area (Å²) in [5.41, 5.74) is 1.23. The first-order valence-electron chi connectivity index (χ1n) is 10.6. The molecule has 0 radical (unpaired) electrons. The highest BCUT2D eigenvalue weighted by Gasteiger charge is 2.33. The van der Waals surface area contributed by atoms with Crippen LogP contribution in [0.3, 0.4) is 0 Å². The quantitative estimate of drug-likeness (QED) is 0.810. The maximum Gasteiger partial charge on any atom is 0.225 e. The molecule has 1 aliphatic carbocycles. The summed E-state index contributed by atoms with van der Waals surface area (Å²) in [6.45, 7) is 4.90. The van der Waals surface area contributed by atoms with Gasteiger partial charge in [-0.15, -0.1) is 0 Å². The maximum atomic E-state index is 12.9. The predicted molar refractivity (Wildman–Crippen MR) is 112 cm³/mol. The fraction of sp³-hybridized carbons (Fsp3) is 0.636. The maximum absolute atomic E-state index is 12.9. The Hall–Kier alpha value is -2.08. The molecule has 6 heteroatoms. The number of hydrogen-bond donors (Lipinski definition) is 1. The Kier molecular flexibility index (Phi) is 7.31. The molecule has 2 fully saturated rings. The average molecular weight is 387 g/mol. The molecule has 1 aromatic carbocycles. The largest absolute Gasteiger partial charge is 0.368 e. The molecule has 0 spiro atoms. The van der Waals surface area contributed by atoms with Gasteiger partial charge in [0.1, 0.15) is 0 Å². The molecule has 3 rings (SSSR count). The number of carbonyl (C=O) groups is 2. The van der Waals surface area contributed by atoms with Crippen LogP contribution in [0.2, 0.25) is 0 Å². The van der Waals surface area contributed by atoms with Crippen molar-refractivity contribution in [3.05, 3.63) is 30.3 Å². The van der Waals surface area contributed by atoms with Crippen LogP contribution in [0.4, 0.5) is 5.69 Å². The van der Waals surface area contributed by atoms with E-state index in [1.165, 1.54) is 5.69 Å². The van der Waals surface area contributed by atoms with Crippen molar-refractivity contribution < 1.29 is 9.59 Å². The Morgan fingerprint density at radius 2 is 1.57 bits per heavy atom. The molecule has 1 aliphatic heterocycles. The third-order valence-corrected chi connectivity index (χ3v) is 6.02. The fourth-order valence-electron chi connectivity index (χ4n) is 4.23. The van der Waals surface area contributed by atoms with Crippen molar-refractivity contribution in [3.63, 3.8) is 0 Å². The van der Waals surface area contributed by atoms with Crippen molar-refractivity contribution in [1.29, 1.82) is 0 Å². The van der Waals surface area contributed by atoms with Crippen LogP contribution in [0.1, 0.15) is 25.7 Å². The van der Waals surface area contributed by atoms with Gasteiger partial charge in [-0.05, 0) is 51.9 Å². The van der Waals surface area contributed by atoms with Crippen molar-refractivity contribution in [2.45, 2.75) is 25.7 Å². The molecule has 2 amide bonds. The zero-order chi connectivity index (χ0) is 19.9. The molecule has 1 saturated carbocycles. The highest BCUT2D eigenvalue weighted by atomic mass is 16.2. The second-order valence-electron chi connectivity index (χ2n) is 8.29. The van der Waals surface area contributed by atoms with Crippen LogP contribution >= 0.6 is 0 Å². The van der Waals surface area contributed by atoms with E-state index in [0.717, 1.165) is 58.4 Å². The van der Waals surface area contributed by atoms with Crippen molar-refractivity contribution in [1.82, 2.24) is 15.1 Å². The minimum atomic E-state index is 0.0705. The number of likely N-dealkylation sites (N-methyl/N-ethyl adjacent to an activating group) is 1. The molecule has 0 unspecified atom stereocenters. The third kappa shape index (κ3) is 5.47. The number of anilines is 1. The summed E-state index contributed by atoms with van der Waals surface area (Å²) >= 11 is 0. The number of rotatable bonds is 6. The first-order chi connectivity index (χ1) is 13.5. The van der Waals surface area contributed by atoms with Crippen LogP contribution < -0.4 is 10.2 Å². The van der Waals surface area contributed by atoms with Crippen molar-refractivity contribution in [3.8, 4) is 0 Å². The van der Waals surface area contributed by atoms with Crippen LogP contribution in [0.15, 0.2) is 30.3 Å². The Balaban J connectivity index is 1.40. The monoisotopic (exact) mass is 386 g/mol. The summed E-state index contributed by atoms with van der Waals surface area (Å²) in [5.74, 6) is 0.610. The van der Waals surface area contributed by atoms with Crippen LogP contribution in [0.5, 0.6) is 0 Å². The average Bonchev–Trinajstić information content (AvgIpc) is 2.74. The van der Waals surface area contributed by atoms with Gasteiger partial charge in [0.15, 0.2) is 0 Å². The SMILES string of the molecule is CN(C)CCNC(=O)C1CCC(C(=O)N2CCN(c3ccccc3)CC2)CC1. The van der Waals surface area contributed by atoms with Crippen molar-refractivity contribution >= 4 is 17.5 Å². The summed E-state index contributed by atoms with van der Waals surface area (Å²) in [6.07, 6.45) is 3.33. The van der Waals surface area contributed by atoms with Gasteiger partial charge < -0.3 is 20.0 Å². The number of piperazine rings is 1.